The zero-order valence-corrected chi connectivity index (χ0v) is 7.27. The maximum Gasteiger partial charge on any atom is 0.346 e. The van der Waals surface area contributed by atoms with Gasteiger partial charge in [0.25, 0.3) is 0 Å². The Bertz CT molecular complexity index is 408. The van der Waals surface area contributed by atoms with Gasteiger partial charge in [0, 0.05) is 12.4 Å². The van der Waals surface area contributed by atoms with E-state index in [1.807, 2.05) is 6.07 Å². The van der Waals surface area contributed by atoms with E-state index in [4.69, 9.17) is 10.4 Å². The number of nitrogens with one attached hydrogen (secondary N) is 1. The number of rotatable bonds is 3. The van der Waals surface area contributed by atoms with Gasteiger partial charge in [-0.25, -0.2) is 4.79 Å². The molecule has 0 saturated carbocycles. The molecule has 0 aliphatic heterocycles. The lowest BCUT2D eigenvalue weighted by Gasteiger charge is -1.84. The van der Waals surface area contributed by atoms with Gasteiger partial charge in [-0.1, -0.05) is 12.2 Å². The van der Waals surface area contributed by atoms with Gasteiger partial charge in [-0.15, -0.1) is 0 Å². The molecule has 0 fully saturated rings. The summed E-state index contributed by atoms with van der Waals surface area (Å²) in [5.41, 5.74) is 0.640. The third-order valence-electron chi connectivity index (χ3n) is 1.52. The smallest absolute Gasteiger partial charge is 0.346 e. The molecule has 1 aromatic rings. The molecule has 4 heteroatoms. The van der Waals surface area contributed by atoms with Crippen molar-refractivity contribution in [1.29, 1.82) is 5.26 Å². The van der Waals surface area contributed by atoms with Crippen LogP contribution in [-0.2, 0) is 4.79 Å². The number of H-pyrrole nitrogens is 1. The van der Waals surface area contributed by atoms with Crippen molar-refractivity contribution in [3.8, 4) is 6.07 Å². The van der Waals surface area contributed by atoms with Gasteiger partial charge in [-0.05, 0) is 17.7 Å². The second-order valence-electron chi connectivity index (χ2n) is 2.50. The van der Waals surface area contributed by atoms with E-state index in [0.717, 1.165) is 5.56 Å². The second-order valence-corrected chi connectivity index (χ2v) is 2.50. The minimum absolute atomic E-state index is 0.281. The quantitative estimate of drug-likeness (QED) is 0.429. The molecular formula is C10H8N2O2. The highest BCUT2D eigenvalue weighted by atomic mass is 16.4. The van der Waals surface area contributed by atoms with Crippen LogP contribution in [0.25, 0.3) is 6.08 Å². The van der Waals surface area contributed by atoms with Crippen LogP contribution in [0.3, 0.4) is 0 Å². The molecule has 0 bridgehead atoms. The van der Waals surface area contributed by atoms with E-state index in [9.17, 15) is 4.79 Å². The molecule has 70 valence electrons. The van der Waals surface area contributed by atoms with Gasteiger partial charge in [-0.2, -0.15) is 5.26 Å². The minimum atomic E-state index is -1.22. The number of aromatic nitrogens is 1. The van der Waals surface area contributed by atoms with Crippen LogP contribution in [-0.4, -0.2) is 16.1 Å². The van der Waals surface area contributed by atoms with Crippen LogP contribution in [0.2, 0.25) is 0 Å². The molecule has 0 atom stereocenters. The van der Waals surface area contributed by atoms with E-state index in [-0.39, 0.29) is 5.57 Å². The minimum Gasteiger partial charge on any atom is -0.477 e. The Morgan fingerprint density at radius 2 is 2.43 bits per heavy atom. The Morgan fingerprint density at radius 1 is 1.64 bits per heavy atom. The van der Waals surface area contributed by atoms with Crippen LogP contribution >= 0.6 is 0 Å². The Labute approximate surface area is 80.8 Å². The number of aliphatic carboxylic acids is 1. The summed E-state index contributed by atoms with van der Waals surface area (Å²) in [6.45, 7) is 0. The Kier molecular flexibility index (Phi) is 3.27. The molecule has 0 aliphatic rings. The van der Waals surface area contributed by atoms with Gasteiger partial charge in [0.15, 0.2) is 0 Å². The highest BCUT2D eigenvalue weighted by Crippen LogP contribution is 2.00. The first-order valence-electron chi connectivity index (χ1n) is 3.88. The van der Waals surface area contributed by atoms with Crippen molar-refractivity contribution in [2.24, 2.45) is 0 Å². The second kappa shape index (κ2) is 4.67. The standard InChI is InChI=1S/C10H8N2O2/c11-6-9(10(13)14)3-1-2-8-4-5-12-7-8/h1-5,7,12H,(H,13,14)/b2-1+,9-3+. The molecule has 14 heavy (non-hydrogen) atoms. The Balaban J connectivity index is 2.71. The van der Waals surface area contributed by atoms with E-state index in [1.54, 1.807) is 24.5 Å². The number of carboxylic acids is 1. The monoisotopic (exact) mass is 188 g/mol. The van der Waals surface area contributed by atoms with Crippen molar-refractivity contribution in [1.82, 2.24) is 4.98 Å². The van der Waals surface area contributed by atoms with Gasteiger partial charge in [0.1, 0.15) is 11.6 Å². The van der Waals surface area contributed by atoms with Crippen molar-refractivity contribution >= 4 is 12.0 Å². The maximum atomic E-state index is 10.4. The van der Waals surface area contributed by atoms with E-state index >= 15 is 0 Å². The van der Waals surface area contributed by atoms with Crippen LogP contribution in [0.5, 0.6) is 0 Å². The number of nitrogens with zero attached hydrogens (tertiary/aromatic N) is 1. The molecule has 4 nitrogen and oxygen atoms in total. The SMILES string of the molecule is N#C/C(=C\C=C\c1cc[nH]c1)C(=O)O. The van der Waals surface area contributed by atoms with Crippen molar-refractivity contribution in [3.05, 3.63) is 41.7 Å². The predicted octanol–water partition coefficient (Wildman–Crippen LogP) is 1.56. The first-order chi connectivity index (χ1) is 6.74. The molecule has 0 aromatic carbocycles. The first kappa shape index (κ1) is 9.81. The van der Waals surface area contributed by atoms with Crippen molar-refractivity contribution in [2.45, 2.75) is 0 Å². The van der Waals surface area contributed by atoms with E-state index in [2.05, 4.69) is 4.98 Å². The summed E-state index contributed by atoms with van der Waals surface area (Å²) in [5, 5.41) is 16.9. The molecule has 1 aromatic heterocycles. The van der Waals surface area contributed by atoms with E-state index in [0.29, 0.717) is 0 Å². The van der Waals surface area contributed by atoms with Crippen molar-refractivity contribution in [3.63, 3.8) is 0 Å². The zero-order chi connectivity index (χ0) is 10.4. The zero-order valence-electron chi connectivity index (χ0n) is 7.27. The number of carbonyl (C=O) groups is 1. The van der Waals surface area contributed by atoms with Crippen LogP contribution in [0.1, 0.15) is 5.56 Å². The molecule has 0 unspecified atom stereocenters. The molecule has 0 aliphatic carbocycles. The lowest BCUT2D eigenvalue weighted by atomic mass is 10.2. The number of allylic oxidation sites excluding steroid dienone is 2. The van der Waals surface area contributed by atoms with Gasteiger partial charge >= 0.3 is 5.97 Å². The summed E-state index contributed by atoms with van der Waals surface area (Å²) < 4.78 is 0. The van der Waals surface area contributed by atoms with Crippen molar-refractivity contribution in [2.75, 3.05) is 0 Å². The molecular weight excluding hydrogens is 180 g/mol. The van der Waals surface area contributed by atoms with Gasteiger partial charge in [0.2, 0.25) is 0 Å². The average Bonchev–Trinajstić information content (AvgIpc) is 2.64. The van der Waals surface area contributed by atoms with Crippen LogP contribution < -0.4 is 0 Å². The number of hydrogen-bond donors (Lipinski definition) is 2. The molecule has 1 rings (SSSR count). The fourth-order valence-electron chi connectivity index (χ4n) is 0.852. The first-order valence-corrected chi connectivity index (χ1v) is 3.88. The summed E-state index contributed by atoms with van der Waals surface area (Å²) in [6.07, 6.45) is 8.00. The molecule has 1 heterocycles. The Hall–Kier alpha value is -2.28. The topological polar surface area (TPSA) is 76.9 Å². The molecule has 0 saturated heterocycles. The van der Waals surface area contributed by atoms with Crippen LogP contribution in [0.15, 0.2) is 36.2 Å². The van der Waals surface area contributed by atoms with Crippen LogP contribution in [0, 0.1) is 11.3 Å². The van der Waals surface area contributed by atoms with E-state index < -0.39 is 5.97 Å². The number of hydrogen-bond acceptors (Lipinski definition) is 2. The number of carboxylic acid groups (broad SMARTS) is 1. The highest BCUT2D eigenvalue weighted by molar-refractivity contribution is 5.91. The predicted molar refractivity (Wildman–Crippen MR) is 51.2 cm³/mol. The molecule has 2 N–H and O–H groups in total. The maximum absolute atomic E-state index is 10.4. The summed E-state index contributed by atoms with van der Waals surface area (Å²) in [4.78, 5) is 13.2. The van der Waals surface area contributed by atoms with E-state index in [1.165, 1.54) is 12.2 Å². The van der Waals surface area contributed by atoms with Gasteiger partial charge in [-0.3, -0.25) is 0 Å². The lowest BCUT2D eigenvalue weighted by Crippen LogP contribution is -1.96. The Morgan fingerprint density at radius 3 is 2.93 bits per heavy atom. The summed E-state index contributed by atoms with van der Waals surface area (Å²) in [6, 6.07) is 3.41. The van der Waals surface area contributed by atoms with Crippen molar-refractivity contribution < 1.29 is 9.90 Å². The highest BCUT2D eigenvalue weighted by Gasteiger charge is 2.02. The third kappa shape index (κ3) is 2.64. The number of aromatic amines is 1. The molecule has 0 amide bonds. The fourth-order valence-corrected chi connectivity index (χ4v) is 0.852. The average molecular weight is 188 g/mol. The largest absolute Gasteiger partial charge is 0.477 e. The summed E-state index contributed by atoms with van der Waals surface area (Å²) in [7, 11) is 0. The lowest BCUT2D eigenvalue weighted by molar-refractivity contribution is -0.132. The molecule has 0 spiro atoms. The number of nitriles is 1. The third-order valence-corrected chi connectivity index (χ3v) is 1.52. The van der Waals surface area contributed by atoms with Gasteiger partial charge < -0.3 is 10.1 Å². The normalized spacial score (nSPS) is 11.5. The molecule has 0 radical (unpaired) electrons. The van der Waals surface area contributed by atoms with Gasteiger partial charge in [0.05, 0.1) is 0 Å². The summed E-state index contributed by atoms with van der Waals surface area (Å²) in [5.74, 6) is -1.22. The summed E-state index contributed by atoms with van der Waals surface area (Å²) >= 11 is 0. The van der Waals surface area contributed by atoms with Crippen LogP contribution in [0.4, 0.5) is 0 Å². The fraction of sp³-hybridized carbons (Fsp3) is 0.